The molecule has 8 heteroatoms. The van der Waals surface area contributed by atoms with Gasteiger partial charge < -0.3 is 5.32 Å². The number of hydrogen-bond acceptors (Lipinski definition) is 5. The average Bonchev–Trinajstić information content (AvgIpc) is 3.24. The number of fused-ring (bicyclic) bond motifs is 1. The van der Waals surface area contributed by atoms with Crippen LogP contribution in [0.3, 0.4) is 0 Å². The van der Waals surface area contributed by atoms with Crippen molar-refractivity contribution in [2.24, 2.45) is 10.9 Å². The second kappa shape index (κ2) is 7.59. The summed E-state index contributed by atoms with van der Waals surface area (Å²) in [5.41, 5.74) is 0.506. The predicted molar refractivity (Wildman–Crippen MR) is 103 cm³/mol. The SMILES string of the molecule is CC[C@H](C)[C@H](N=C1NS(=O)(=O)c2ccccc21)C(=O)NCc1cccs1. The van der Waals surface area contributed by atoms with Crippen molar-refractivity contribution >= 4 is 33.1 Å². The number of amidine groups is 1. The van der Waals surface area contributed by atoms with E-state index in [1.54, 1.807) is 29.5 Å². The van der Waals surface area contributed by atoms with E-state index >= 15 is 0 Å². The first-order chi connectivity index (χ1) is 12.4. The molecule has 1 aliphatic heterocycles. The minimum absolute atomic E-state index is 0.0249. The molecule has 2 N–H and O–H groups in total. The van der Waals surface area contributed by atoms with Gasteiger partial charge in [-0.1, -0.05) is 38.5 Å². The number of carbonyl (C=O) groups is 1. The minimum Gasteiger partial charge on any atom is -0.349 e. The van der Waals surface area contributed by atoms with Crippen molar-refractivity contribution in [1.29, 1.82) is 0 Å². The Morgan fingerprint density at radius 3 is 2.73 bits per heavy atom. The van der Waals surface area contributed by atoms with Gasteiger partial charge in [-0.2, -0.15) is 0 Å². The van der Waals surface area contributed by atoms with Gasteiger partial charge in [-0.15, -0.1) is 11.3 Å². The zero-order chi connectivity index (χ0) is 18.7. The Labute approximate surface area is 157 Å². The number of amides is 1. The topological polar surface area (TPSA) is 87.6 Å². The third-order valence-corrected chi connectivity index (χ3v) is 6.67. The Morgan fingerprint density at radius 1 is 1.27 bits per heavy atom. The Hall–Kier alpha value is -2.19. The van der Waals surface area contributed by atoms with E-state index in [0.29, 0.717) is 12.1 Å². The largest absolute Gasteiger partial charge is 0.349 e. The predicted octanol–water partition coefficient (Wildman–Crippen LogP) is 2.52. The number of rotatable bonds is 6. The van der Waals surface area contributed by atoms with Gasteiger partial charge in [0.05, 0.1) is 11.4 Å². The van der Waals surface area contributed by atoms with Gasteiger partial charge in [0.25, 0.3) is 10.0 Å². The van der Waals surface area contributed by atoms with Crippen molar-refractivity contribution in [3.05, 3.63) is 52.2 Å². The molecule has 2 heterocycles. The molecule has 0 fully saturated rings. The Morgan fingerprint density at radius 2 is 2.04 bits per heavy atom. The second-order valence-corrected chi connectivity index (χ2v) is 8.89. The zero-order valence-electron chi connectivity index (χ0n) is 14.6. The van der Waals surface area contributed by atoms with Crippen molar-refractivity contribution < 1.29 is 13.2 Å². The van der Waals surface area contributed by atoms with Crippen molar-refractivity contribution in [3.63, 3.8) is 0 Å². The molecule has 2 aromatic rings. The number of carbonyl (C=O) groups excluding carboxylic acids is 1. The summed E-state index contributed by atoms with van der Waals surface area (Å²) in [7, 11) is -3.62. The minimum atomic E-state index is -3.62. The van der Waals surface area contributed by atoms with Gasteiger partial charge in [-0.3, -0.25) is 14.5 Å². The van der Waals surface area contributed by atoms with Crippen LogP contribution in [0.2, 0.25) is 0 Å². The van der Waals surface area contributed by atoms with Crippen molar-refractivity contribution in [3.8, 4) is 0 Å². The summed E-state index contributed by atoms with van der Waals surface area (Å²) in [6.45, 7) is 4.36. The molecule has 26 heavy (non-hydrogen) atoms. The summed E-state index contributed by atoms with van der Waals surface area (Å²) in [4.78, 5) is 18.5. The number of thiophene rings is 1. The van der Waals surface area contributed by atoms with Crippen LogP contribution in [0.25, 0.3) is 0 Å². The lowest BCUT2D eigenvalue weighted by molar-refractivity contribution is -0.123. The molecule has 0 spiro atoms. The van der Waals surface area contributed by atoms with Crippen molar-refractivity contribution in [2.75, 3.05) is 0 Å². The smallest absolute Gasteiger partial charge is 0.263 e. The highest BCUT2D eigenvalue weighted by atomic mass is 32.2. The molecule has 2 atom stereocenters. The van der Waals surface area contributed by atoms with Gasteiger partial charge in [-0.05, 0) is 29.5 Å². The van der Waals surface area contributed by atoms with Crippen molar-refractivity contribution in [2.45, 2.75) is 37.8 Å². The molecule has 0 saturated heterocycles. The summed E-state index contributed by atoms with van der Waals surface area (Å²) >= 11 is 1.57. The summed E-state index contributed by atoms with van der Waals surface area (Å²) in [5.74, 6) is 0.00380. The number of nitrogens with one attached hydrogen (secondary N) is 2. The molecule has 1 aliphatic rings. The van der Waals surface area contributed by atoms with Crippen LogP contribution in [-0.4, -0.2) is 26.2 Å². The van der Waals surface area contributed by atoms with E-state index in [1.807, 2.05) is 31.4 Å². The molecule has 1 aromatic carbocycles. The van der Waals surface area contributed by atoms with Gasteiger partial charge in [0.15, 0.2) is 0 Å². The molecule has 3 rings (SSSR count). The van der Waals surface area contributed by atoms with Gasteiger partial charge in [-0.25, -0.2) is 8.42 Å². The molecule has 0 saturated carbocycles. The Kier molecular flexibility index (Phi) is 5.43. The number of aliphatic imine (C=N–C) groups is 1. The van der Waals surface area contributed by atoms with Gasteiger partial charge in [0, 0.05) is 10.4 Å². The lowest BCUT2D eigenvalue weighted by Crippen LogP contribution is -2.38. The van der Waals surface area contributed by atoms with Gasteiger partial charge in [0.1, 0.15) is 11.9 Å². The van der Waals surface area contributed by atoms with E-state index in [1.165, 1.54) is 6.07 Å². The normalized spacial score (nSPS) is 18.8. The van der Waals surface area contributed by atoms with E-state index in [0.717, 1.165) is 11.3 Å². The first-order valence-electron chi connectivity index (χ1n) is 8.42. The van der Waals surface area contributed by atoms with Crippen molar-refractivity contribution in [1.82, 2.24) is 10.0 Å². The molecule has 0 bridgehead atoms. The van der Waals surface area contributed by atoms with E-state index in [2.05, 4.69) is 15.0 Å². The molecule has 0 unspecified atom stereocenters. The van der Waals surface area contributed by atoms with Crippen LogP contribution in [0.4, 0.5) is 0 Å². The third-order valence-electron chi connectivity index (χ3n) is 4.40. The van der Waals surface area contributed by atoms with Crippen LogP contribution in [0.1, 0.15) is 30.7 Å². The van der Waals surface area contributed by atoms with E-state index in [9.17, 15) is 13.2 Å². The highest BCUT2D eigenvalue weighted by molar-refractivity contribution is 7.90. The standard InChI is InChI=1S/C18H21N3O3S2/c1-3-12(2)16(18(22)19-11-13-7-6-10-25-13)20-17-14-8-4-5-9-15(14)26(23,24)21-17/h4-10,12,16H,3,11H2,1-2H3,(H,19,22)(H,20,21)/t12-,16-/m0/s1. The fourth-order valence-corrected chi connectivity index (χ4v) is 4.61. The third kappa shape index (κ3) is 3.81. The monoisotopic (exact) mass is 391 g/mol. The summed E-state index contributed by atoms with van der Waals surface area (Å²) in [5, 5.41) is 4.86. The summed E-state index contributed by atoms with van der Waals surface area (Å²) in [6.07, 6.45) is 0.752. The summed E-state index contributed by atoms with van der Waals surface area (Å²) < 4.78 is 27.0. The fraction of sp³-hybridized carbons (Fsp3) is 0.333. The number of benzene rings is 1. The van der Waals surface area contributed by atoms with Crippen LogP contribution in [0.5, 0.6) is 0 Å². The van der Waals surface area contributed by atoms with Crippen LogP contribution in [-0.2, 0) is 21.4 Å². The quantitative estimate of drug-likeness (QED) is 0.793. The van der Waals surface area contributed by atoms with E-state index < -0.39 is 16.1 Å². The Bertz CT molecular complexity index is 921. The molecule has 138 valence electrons. The number of nitrogens with zero attached hydrogens (tertiary/aromatic N) is 1. The molecule has 0 aliphatic carbocycles. The fourth-order valence-electron chi connectivity index (χ4n) is 2.73. The van der Waals surface area contributed by atoms with Crippen LogP contribution in [0.15, 0.2) is 51.7 Å². The maximum Gasteiger partial charge on any atom is 0.263 e. The van der Waals surface area contributed by atoms with Gasteiger partial charge >= 0.3 is 0 Å². The molecular formula is C18H21N3O3S2. The summed E-state index contributed by atoms with van der Waals surface area (Å²) in [6, 6.07) is 9.88. The zero-order valence-corrected chi connectivity index (χ0v) is 16.2. The number of sulfonamides is 1. The van der Waals surface area contributed by atoms with Crippen LogP contribution < -0.4 is 10.0 Å². The van der Waals surface area contributed by atoms with E-state index in [4.69, 9.17) is 0 Å². The van der Waals surface area contributed by atoms with Gasteiger partial charge in [0.2, 0.25) is 5.91 Å². The number of hydrogen-bond donors (Lipinski definition) is 2. The lowest BCUT2D eigenvalue weighted by atomic mass is 9.98. The molecule has 6 nitrogen and oxygen atoms in total. The highest BCUT2D eigenvalue weighted by Gasteiger charge is 2.33. The maximum atomic E-state index is 12.7. The first-order valence-corrected chi connectivity index (χ1v) is 10.8. The highest BCUT2D eigenvalue weighted by Crippen LogP contribution is 2.24. The van der Waals surface area contributed by atoms with Crippen LogP contribution >= 0.6 is 11.3 Å². The lowest BCUT2D eigenvalue weighted by Gasteiger charge is -2.19. The first kappa shape index (κ1) is 18.6. The molecule has 1 aromatic heterocycles. The maximum absolute atomic E-state index is 12.7. The molecular weight excluding hydrogens is 370 g/mol. The second-order valence-electron chi connectivity index (χ2n) is 6.21. The molecule has 0 radical (unpaired) electrons. The molecule has 1 amide bonds. The average molecular weight is 392 g/mol. The van der Waals surface area contributed by atoms with E-state index in [-0.39, 0.29) is 22.6 Å². The van der Waals surface area contributed by atoms with Crippen LogP contribution in [0, 0.1) is 5.92 Å². The Balaban J connectivity index is 1.87.